The second-order valence-electron chi connectivity index (χ2n) is 7.85. The molecule has 0 bridgehead atoms. The van der Waals surface area contributed by atoms with Gasteiger partial charge in [-0.15, -0.1) is 0 Å². The Morgan fingerprint density at radius 3 is 2.48 bits per heavy atom. The molecule has 0 N–H and O–H groups in total. The minimum atomic E-state index is -0.205. The standard InChI is InChI=1S/C25H24O2S2/c1-27-25(26)22(7-3-6-19-14-15-28-29-19)20-12-10-18-9-8-16-4-2-5-17-11-13-21(20)24(18)23(16)17/h2,4-5,8-13,19,22H,3,6-7,14-15H2,1H3. The lowest BCUT2D eigenvalue weighted by molar-refractivity contribution is -0.142. The lowest BCUT2D eigenvalue weighted by Crippen LogP contribution is -2.15. The Labute approximate surface area is 179 Å². The Kier molecular flexibility index (Phi) is 5.31. The van der Waals surface area contributed by atoms with Crippen LogP contribution in [0.3, 0.4) is 0 Å². The van der Waals surface area contributed by atoms with Gasteiger partial charge in [0.25, 0.3) is 0 Å². The summed E-state index contributed by atoms with van der Waals surface area (Å²) in [4.78, 5) is 12.8. The van der Waals surface area contributed by atoms with Gasteiger partial charge in [0.2, 0.25) is 0 Å². The van der Waals surface area contributed by atoms with E-state index >= 15 is 0 Å². The number of methoxy groups -OCH3 is 1. The smallest absolute Gasteiger partial charge is 0.313 e. The molecule has 4 aromatic rings. The molecule has 2 atom stereocenters. The molecular weight excluding hydrogens is 396 g/mol. The molecule has 0 aliphatic carbocycles. The molecule has 4 aromatic carbocycles. The summed E-state index contributed by atoms with van der Waals surface area (Å²) in [5.41, 5.74) is 1.11. The largest absolute Gasteiger partial charge is 0.469 e. The maximum atomic E-state index is 12.8. The average molecular weight is 421 g/mol. The van der Waals surface area contributed by atoms with Crippen LogP contribution in [0.2, 0.25) is 0 Å². The zero-order chi connectivity index (χ0) is 19.8. The predicted molar refractivity (Wildman–Crippen MR) is 127 cm³/mol. The van der Waals surface area contributed by atoms with Gasteiger partial charge < -0.3 is 4.74 Å². The van der Waals surface area contributed by atoms with Gasteiger partial charge in [0.05, 0.1) is 13.0 Å². The maximum Gasteiger partial charge on any atom is 0.313 e. The van der Waals surface area contributed by atoms with Crippen molar-refractivity contribution in [1.29, 1.82) is 0 Å². The molecule has 4 heteroatoms. The van der Waals surface area contributed by atoms with Crippen LogP contribution >= 0.6 is 21.6 Å². The first-order valence-electron chi connectivity index (χ1n) is 10.3. The zero-order valence-electron chi connectivity index (χ0n) is 16.5. The second-order valence-corrected chi connectivity index (χ2v) is 10.6. The Morgan fingerprint density at radius 1 is 1.03 bits per heavy atom. The van der Waals surface area contributed by atoms with Crippen LogP contribution in [0.25, 0.3) is 32.3 Å². The van der Waals surface area contributed by atoms with E-state index < -0.39 is 0 Å². The predicted octanol–water partition coefficient (Wildman–Crippen LogP) is 7.16. The van der Waals surface area contributed by atoms with Crippen molar-refractivity contribution in [3.63, 3.8) is 0 Å². The molecule has 5 rings (SSSR count). The third-order valence-corrected chi connectivity index (χ3v) is 9.18. The third-order valence-electron chi connectivity index (χ3n) is 6.17. The van der Waals surface area contributed by atoms with Crippen LogP contribution < -0.4 is 0 Å². The van der Waals surface area contributed by atoms with Gasteiger partial charge in [-0.3, -0.25) is 4.79 Å². The number of rotatable bonds is 6. The molecule has 0 aromatic heterocycles. The van der Waals surface area contributed by atoms with Gasteiger partial charge in [0.1, 0.15) is 0 Å². The lowest BCUT2D eigenvalue weighted by atomic mass is 9.85. The highest BCUT2D eigenvalue weighted by Gasteiger charge is 2.25. The van der Waals surface area contributed by atoms with E-state index in [0.29, 0.717) is 0 Å². The van der Waals surface area contributed by atoms with Crippen LogP contribution in [-0.4, -0.2) is 24.1 Å². The van der Waals surface area contributed by atoms with Crippen molar-refractivity contribution in [3.05, 3.63) is 60.2 Å². The third kappa shape index (κ3) is 3.47. The SMILES string of the molecule is COC(=O)C(CCCC1CCSS1)c1ccc2ccc3cccc4ccc1c2c34. The fourth-order valence-electron chi connectivity index (χ4n) is 4.72. The van der Waals surface area contributed by atoms with E-state index in [0.717, 1.165) is 23.7 Å². The quantitative estimate of drug-likeness (QED) is 0.188. The van der Waals surface area contributed by atoms with Gasteiger partial charge in [0, 0.05) is 11.0 Å². The fraction of sp³-hybridized carbons (Fsp3) is 0.320. The first-order valence-corrected chi connectivity index (χ1v) is 12.7. The van der Waals surface area contributed by atoms with Crippen molar-refractivity contribution >= 4 is 59.9 Å². The number of benzene rings is 4. The Hall–Kier alpha value is -1.91. The maximum absolute atomic E-state index is 12.8. The summed E-state index contributed by atoms with van der Waals surface area (Å²) in [6.07, 6.45) is 4.37. The van der Waals surface area contributed by atoms with Crippen molar-refractivity contribution in [2.75, 3.05) is 12.9 Å². The molecule has 0 amide bonds. The summed E-state index contributed by atoms with van der Waals surface area (Å²) < 4.78 is 5.23. The summed E-state index contributed by atoms with van der Waals surface area (Å²) in [5.74, 6) is 0.933. The first kappa shape index (κ1) is 19.1. The highest BCUT2D eigenvalue weighted by atomic mass is 33.1. The molecule has 0 saturated carbocycles. The number of hydrogen-bond donors (Lipinski definition) is 0. The van der Waals surface area contributed by atoms with E-state index in [4.69, 9.17) is 4.74 Å². The van der Waals surface area contributed by atoms with Gasteiger partial charge in [-0.25, -0.2) is 0 Å². The molecule has 0 radical (unpaired) electrons. The summed E-state index contributed by atoms with van der Waals surface area (Å²) >= 11 is 0. The average Bonchev–Trinajstić information content (AvgIpc) is 3.28. The molecular formula is C25H24O2S2. The minimum Gasteiger partial charge on any atom is -0.469 e. The van der Waals surface area contributed by atoms with Gasteiger partial charge in [-0.2, -0.15) is 0 Å². The van der Waals surface area contributed by atoms with Crippen LogP contribution in [0, 0.1) is 0 Å². The minimum absolute atomic E-state index is 0.117. The Bertz CT molecular complexity index is 1150. The topological polar surface area (TPSA) is 26.3 Å². The molecule has 1 heterocycles. The number of carbonyl (C=O) groups is 1. The van der Waals surface area contributed by atoms with Crippen molar-refractivity contribution in [2.24, 2.45) is 0 Å². The second kappa shape index (κ2) is 8.08. The van der Waals surface area contributed by atoms with E-state index in [9.17, 15) is 4.79 Å². The number of ether oxygens (including phenoxy) is 1. The van der Waals surface area contributed by atoms with Crippen molar-refractivity contribution < 1.29 is 9.53 Å². The molecule has 1 aliphatic heterocycles. The zero-order valence-corrected chi connectivity index (χ0v) is 18.2. The highest BCUT2D eigenvalue weighted by molar-refractivity contribution is 8.77. The molecule has 148 valence electrons. The van der Waals surface area contributed by atoms with Gasteiger partial charge in [-0.05, 0) is 57.1 Å². The van der Waals surface area contributed by atoms with Crippen molar-refractivity contribution in [2.45, 2.75) is 36.9 Å². The van der Waals surface area contributed by atoms with E-state index in [1.807, 2.05) is 21.6 Å². The van der Waals surface area contributed by atoms with E-state index in [2.05, 4.69) is 54.6 Å². The Morgan fingerprint density at radius 2 is 1.76 bits per heavy atom. The van der Waals surface area contributed by atoms with Crippen molar-refractivity contribution in [1.82, 2.24) is 0 Å². The van der Waals surface area contributed by atoms with Gasteiger partial charge >= 0.3 is 5.97 Å². The summed E-state index contributed by atoms with van der Waals surface area (Å²) in [5, 5.41) is 8.23. The van der Waals surface area contributed by atoms with Crippen LogP contribution in [0.4, 0.5) is 0 Å². The summed E-state index contributed by atoms with van der Waals surface area (Å²) in [6, 6.07) is 19.5. The molecule has 1 fully saturated rings. The normalized spacial score (nSPS) is 18.0. The van der Waals surface area contributed by atoms with Gasteiger partial charge in [0.15, 0.2) is 0 Å². The first-order chi connectivity index (χ1) is 14.3. The Balaban J connectivity index is 1.57. The molecule has 1 aliphatic rings. The molecule has 29 heavy (non-hydrogen) atoms. The van der Waals surface area contributed by atoms with Crippen LogP contribution in [0.15, 0.2) is 54.6 Å². The molecule has 1 saturated heterocycles. The fourth-order valence-corrected chi connectivity index (χ4v) is 7.75. The monoisotopic (exact) mass is 420 g/mol. The van der Waals surface area contributed by atoms with Crippen LogP contribution in [0.1, 0.15) is 37.2 Å². The molecule has 0 spiro atoms. The highest BCUT2D eigenvalue weighted by Crippen LogP contribution is 2.42. The van der Waals surface area contributed by atoms with Crippen LogP contribution in [0.5, 0.6) is 0 Å². The van der Waals surface area contributed by atoms with E-state index in [-0.39, 0.29) is 11.9 Å². The molecule has 2 nitrogen and oxygen atoms in total. The number of carbonyl (C=O) groups excluding carboxylic acids is 1. The number of esters is 1. The lowest BCUT2D eigenvalue weighted by Gasteiger charge is -2.20. The summed E-state index contributed by atoms with van der Waals surface area (Å²) in [6.45, 7) is 0. The molecule has 2 unspecified atom stereocenters. The van der Waals surface area contributed by atoms with Gasteiger partial charge in [-0.1, -0.05) is 82.6 Å². The summed E-state index contributed by atoms with van der Waals surface area (Å²) in [7, 11) is 5.50. The number of hydrogen-bond acceptors (Lipinski definition) is 4. The van der Waals surface area contributed by atoms with E-state index in [1.54, 1.807) is 0 Å². The van der Waals surface area contributed by atoms with E-state index in [1.165, 1.54) is 58.0 Å². The van der Waals surface area contributed by atoms with Crippen LogP contribution in [-0.2, 0) is 9.53 Å². The van der Waals surface area contributed by atoms with Crippen molar-refractivity contribution in [3.8, 4) is 0 Å².